The quantitative estimate of drug-likeness (QED) is 0.732. The van der Waals surface area contributed by atoms with E-state index in [0.717, 1.165) is 16.7 Å². The van der Waals surface area contributed by atoms with Crippen LogP contribution in [0.3, 0.4) is 0 Å². The Morgan fingerprint density at radius 1 is 1.29 bits per heavy atom. The Kier molecular flexibility index (Phi) is 2.61. The van der Waals surface area contributed by atoms with Crippen molar-refractivity contribution in [2.24, 2.45) is 0 Å². The Hall–Kier alpha value is -1.19. The van der Waals surface area contributed by atoms with Crippen molar-refractivity contribution in [3.8, 4) is 10.4 Å². The molecule has 0 saturated heterocycles. The minimum Gasteiger partial charge on any atom is -0.296 e. The first-order valence-electron chi connectivity index (χ1n) is 3.98. The maximum absolute atomic E-state index is 10.7. The zero-order chi connectivity index (χ0) is 9.97. The number of hydrogen-bond donors (Lipinski definition) is 0. The zero-order valence-corrected chi connectivity index (χ0v) is 8.68. The molecule has 0 fully saturated rings. The van der Waals surface area contributed by atoms with Crippen LogP contribution in [0, 0.1) is 0 Å². The smallest absolute Gasteiger partial charge is 0.184 e. The fourth-order valence-electron chi connectivity index (χ4n) is 1.18. The zero-order valence-electron chi connectivity index (χ0n) is 7.11. The van der Waals surface area contributed by atoms with Crippen molar-refractivity contribution in [2.45, 2.75) is 0 Å². The predicted molar refractivity (Wildman–Crippen MR) is 57.9 cm³/mol. The van der Waals surface area contributed by atoms with Crippen molar-refractivity contribution in [3.63, 3.8) is 0 Å². The molecule has 0 spiro atoms. The number of carbonyl (C=O) groups excluding carboxylic acids is 1. The monoisotopic (exact) mass is 223 g/mol. The van der Waals surface area contributed by atoms with Crippen molar-refractivity contribution in [1.82, 2.24) is 4.98 Å². The molecule has 0 saturated carbocycles. The highest BCUT2D eigenvalue weighted by Crippen LogP contribution is 2.31. The lowest BCUT2D eigenvalue weighted by molar-refractivity contribution is 0.112. The Bertz CT molecular complexity index is 452. The van der Waals surface area contributed by atoms with E-state index in [2.05, 4.69) is 4.98 Å². The maximum atomic E-state index is 10.7. The average molecular weight is 224 g/mol. The molecule has 0 bridgehead atoms. The van der Waals surface area contributed by atoms with Gasteiger partial charge in [-0.25, -0.2) is 4.98 Å². The van der Waals surface area contributed by atoms with Crippen LogP contribution in [0.1, 0.15) is 10.5 Å². The molecule has 0 unspecified atom stereocenters. The number of rotatable bonds is 2. The normalized spacial score (nSPS) is 10.1. The highest BCUT2D eigenvalue weighted by molar-refractivity contribution is 7.19. The molecule has 0 amide bonds. The van der Waals surface area contributed by atoms with Crippen LogP contribution in [0.4, 0.5) is 0 Å². The third-order valence-corrected chi connectivity index (χ3v) is 3.00. The molecule has 0 radical (unpaired) electrons. The number of carbonyl (C=O) groups is 1. The first kappa shape index (κ1) is 9.37. The molecule has 1 aromatic carbocycles. The summed E-state index contributed by atoms with van der Waals surface area (Å²) in [6, 6.07) is 9.61. The summed E-state index contributed by atoms with van der Waals surface area (Å²) in [6.07, 6.45) is 0.727. The molecule has 70 valence electrons. The van der Waals surface area contributed by atoms with Gasteiger partial charge in [0.15, 0.2) is 10.8 Å². The molecule has 2 nitrogen and oxygen atoms in total. The van der Waals surface area contributed by atoms with Crippen molar-refractivity contribution in [1.29, 1.82) is 0 Å². The molecule has 2 aromatic rings. The SMILES string of the molecule is O=Cc1nc(Cl)sc1-c1ccccc1. The van der Waals surface area contributed by atoms with Crippen LogP contribution >= 0.6 is 22.9 Å². The highest BCUT2D eigenvalue weighted by Gasteiger charge is 2.10. The van der Waals surface area contributed by atoms with Gasteiger partial charge in [-0.15, -0.1) is 11.3 Å². The molecular weight excluding hydrogens is 218 g/mol. The van der Waals surface area contributed by atoms with E-state index in [4.69, 9.17) is 11.6 Å². The summed E-state index contributed by atoms with van der Waals surface area (Å²) in [5.74, 6) is 0. The Morgan fingerprint density at radius 2 is 2.00 bits per heavy atom. The lowest BCUT2D eigenvalue weighted by Gasteiger charge is -1.95. The van der Waals surface area contributed by atoms with E-state index in [1.165, 1.54) is 11.3 Å². The first-order valence-corrected chi connectivity index (χ1v) is 5.17. The van der Waals surface area contributed by atoms with Gasteiger partial charge >= 0.3 is 0 Å². The molecule has 0 aliphatic heterocycles. The molecule has 0 aliphatic rings. The van der Waals surface area contributed by atoms with Gasteiger partial charge in [0, 0.05) is 0 Å². The van der Waals surface area contributed by atoms with Gasteiger partial charge in [0.2, 0.25) is 0 Å². The third kappa shape index (κ3) is 1.69. The van der Waals surface area contributed by atoms with E-state index >= 15 is 0 Å². The molecule has 0 N–H and O–H groups in total. The van der Waals surface area contributed by atoms with Gasteiger partial charge in [-0.3, -0.25) is 4.79 Å². The lowest BCUT2D eigenvalue weighted by Crippen LogP contribution is -1.82. The van der Waals surface area contributed by atoms with Crippen molar-refractivity contribution < 1.29 is 4.79 Å². The molecule has 1 aromatic heterocycles. The molecule has 0 atom stereocenters. The van der Waals surface area contributed by atoms with Crippen LogP contribution < -0.4 is 0 Å². The van der Waals surface area contributed by atoms with E-state index in [0.29, 0.717) is 10.2 Å². The van der Waals surface area contributed by atoms with Gasteiger partial charge in [-0.1, -0.05) is 41.9 Å². The van der Waals surface area contributed by atoms with Crippen LogP contribution in [0.2, 0.25) is 4.47 Å². The van der Waals surface area contributed by atoms with E-state index in [1.807, 2.05) is 30.3 Å². The van der Waals surface area contributed by atoms with Crippen LogP contribution in [0.25, 0.3) is 10.4 Å². The van der Waals surface area contributed by atoms with Crippen molar-refractivity contribution >= 4 is 29.2 Å². The number of thiazole rings is 1. The summed E-state index contributed by atoms with van der Waals surface area (Å²) in [7, 11) is 0. The van der Waals surface area contributed by atoms with Gasteiger partial charge in [0.25, 0.3) is 0 Å². The van der Waals surface area contributed by atoms with Crippen molar-refractivity contribution in [2.75, 3.05) is 0 Å². The average Bonchev–Trinajstić information content (AvgIpc) is 2.61. The molecule has 14 heavy (non-hydrogen) atoms. The van der Waals surface area contributed by atoms with Crippen molar-refractivity contribution in [3.05, 3.63) is 40.5 Å². The summed E-state index contributed by atoms with van der Waals surface area (Å²) in [6.45, 7) is 0. The standard InChI is InChI=1S/C10H6ClNOS/c11-10-12-8(6-13)9(14-10)7-4-2-1-3-5-7/h1-6H. The summed E-state index contributed by atoms with van der Waals surface area (Å²) in [4.78, 5) is 15.4. The first-order chi connectivity index (χ1) is 6.81. The fourth-order valence-corrected chi connectivity index (χ4v) is 2.27. The predicted octanol–water partition coefficient (Wildman–Crippen LogP) is 3.28. The fraction of sp³-hybridized carbons (Fsp3) is 0. The molecular formula is C10H6ClNOS. The Labute approximate surface area is 90.2 Å². The second kappa shape index (κ2) is 3.90. The topological polar surface area (TPSA) is 30.0 Å². The number of aldehydes is 1. The van der Waals surface area contributed by atoms with Crippen LogP contribution in [-0.2, 0) is 0 Å². The van der Waals surface area contributed by atoms with Gasteiger partial charge < -0.3 is 0 Å². The Morgan fingerprint density at radius 3 is 2.64 bits per heavy atom. The number of halogens is 1. The maximum Gasteiger partial charge on any atom is 0.184 e. The van der Waals surface area contributed by atoms with Gasteiger partial charge in [0.1, 0.15) is 5.69 Å². The third-order valence-electron chi connectivity index (χ3n) is 1.77. The van der Waals surface area contributed by atoms with Crippen LogP contribution in [0.15, 0.2) is 30.3 Å². The van der Waals surface area contributed by atoms with Gasteiger partial charge in [-0.2, -0.15) is 0 Å². The second-order valence-corrected chi connectivity index (χ2v) is 4.25. The molecule has 4 heteroatoms. The number of aromatic nitrogens is 1. The summed E-state index contributed by atoms with van der Waals surface area (Å²) in [5.41, 5.74) is 1.38. The van der Waals surface area contributed by atoms with E-state index < -0.39 is 0 Å². The van der Waals surface area contributed by atoms with E-state index in [-0.39, 0.29) is 0 Å². The summed E-state index contributed by atoms with van der Waals surface area (Å²) in [5, 5.41) is 0. The highest BCUT2D eigenvalue weighted by atomic mass is 35.5. The second-order valence-electron chi connectivity index (χ2n) is 2.67. The lowest BCUT2D eigenvalue weighted by atomic mass is 10.2. The molecule has 1 heterocycles. The van der Waals surface area contributed by atoms with Gasteiger partial charge in [-0.05, 0) is 5.56 Å². The minimum absolute atomic E-state index is 0.394. The van der Waals surface area contributed by atoms with Crippen LogP contribution in [-0.4, -0.2) is 11.3 Å². The van der Waals surface area contributed by atoms with E-state index in [9.17, 15) is 4.79 Å². The number of nitrogens with zero attached hydrogens (tertiary/aromatic N) is 1. The van der Waals surface area contributed by atoms with Crippen LogP contribution in [0.5, 0.6) is 0 Å². The molecule has 2 rings (SSSR count). The molecule has 0 aliphatic carbocycles. The summed E-state index contributed by atoms with van der Waals surface area (Å²) >= 11 is 7.06. The van der Waals surface area contributed by atoms with E-state index in [1.54, 1.807) is 0 Å². The minimum atomic E-state index is 0.394. The van der Waals surface area contributed by atoms with Gasteiger partial charge in [0.05, 0.1) is 4.88 Å². The summed E-state index contributed by atoms with van der Waals surface area (Å²) < 4.78 is 0.394. The number of benzene rings is 1. The number of hydrogen-bond acceptors (Lipinski definition) is 3. The largest absolute Gasteiger partial charge is 0.296 e. The Balaban J connectivity index is 2.56.